The van der Waals surface area contributed by atoms with E-state index in [1.807, 2.05) is 24.3 Å². The van der Waals surface area contributed by atoms with Gasteiger partial charge in [0, 0.05) is 45.5 Å². The molecule has 1 heterocycles. The number of nitrogens with one attached hydrogen (secondary N) is 1. The maximum absolute atomic E-state index is 11.6. The first-order valence-electron chi connectivity index (χ1n) is 12.0. The molecule has 1 aromatic heterocycles. The van der Waals surface area contributed by atoms with Crippen LogP contribution in [0.15, 0.2) is 57.2 Å². The Hall–Kier alpha value is -3.48. The summed E-state index contributed by atoms with van der Waals surface area (Å²) >= 11 is 2.94. The molecule has 1 aliphatic rings. The second-order valence-electron chi connectivity index (χ2n) is 10.1. The molecule has 2 aromatic carbocycles. The smallest absolute Gasteiger partial charge is 0.270 e. The van der Waals surface area contributed by atoms with Gasteiger partial charge in [0.25, 0.3) is 5.69 Å². The van der Waals surface area contributed by atoms with E-state index < -0.39 is 4.92 Å². The molecule has 0 aliphatic heterocycles. The van der Waals surface area contributed by atoms with Crippen LogP contribution in [0, 0.1) is 32.8 Å². The Kier molecular flexibility index (Phi) is 7.81. The number of thiophene rings is 1. The predicted molar refractivity (Wildman–Crippen MR) is 149 cm³/mol. The van der Waals surface area contributed by atoms with E-state index in [1.165, 1.54) is 35.7 Å². The summed E-state index contributed by atoms with van der Waals surface area (Å²) < 4.78 is 0. The molecular weight excluding hydrogens is 504 g/mol. The number of fused-ring (bicyclic) bond motifs is 1. The number of benzene rings is 2. The Bertz CT molecular complexity index is 1430. The first kappa shape index (κ1) is 26.6. The summed E-state index contributed by atoms with van der Waals surface area (Å²) in [5.41, 5.74) is 3.09. The molecule has 0 saturated carbocycles. The molecule has 190 valence electrons. The molecule has 1 N–H and O–H groups in total. The molecule has 1 amide bonds. The molecule has 37 heavy (non-hydrogen) atoms. The maximum atomic E-state index is 11.6. The molecule has 1 aliphatic carbocycles. The van der Waals surface area contributed by atoms with E-state index in [4.69, 9.17) is 0 Å². The van der Waals surface area contributed by atoms with E-state index in [2.05, 4.69) is 37.1 Å². The molecule has 4 rings (SSSR count). The number of anilines is 1. The molecule has 1 atom stereocenters. The number of amides is 1. The first-order valence-corrected chi connectivity index (χ1v) is 13.6. The number of nitriles is 1. The molecule has 0 fully saturated rings. The van der Waals surface area contributed by atoms with Crippen LogP contribution in [0.5, 0.6) is 0 Å². The third-order valence-corrected chi connectivity index (χ3v) is 8.86. The number of hydrogen-bond donors (Lipinski definition) is 1. The molecule has 0 saturated heterocycles. The van der Waals surface area contributed by atoms with Crippen LogP contribution in [0.1, 0.15) is 55.7 Å². The molecule has 0 unspecified atom stereocenters. The minimum atomic E-state index is -0.436. The zero-order chi connectivity index (χ0) is 26.7. The van der Waals surface area contributed by atoms with Crippen molar-refractivity contribution in [2.24, 2.45) is 16.3 Å². The Morgan fingerprint density at radius 1 is 1.27 bits per heavy atom. The van der Waals surface area contributed by atoms with Gasteiger partial charge < -0.3 is 5.32 Å². The number of para-hydroxylation sites is 1. The zero-order valence-electron chi connectivity index (χ0n) is 21.2. The second kappa shape index (κ2) is 10.9. The largest absolute Gasteiger partial charge is 0.325 e. The summed E-state index contributed by atoms with van der Waals surface area (Å²) in [6, 6.07) is 14.4. The van der Waals surface area contributed by atoms with Crippen molar-refractivity contribution < 1.29 is 9.72 Å². The van der Waals surface area contributed by atoms with Crippen molar-refractivity contribution in [2.75, 3.05) is 5.32 Å². The van der Waals surface area contributed by atoms with Crippen LogP contribution in [0.4, 0.5) is 16.4 Å². The van der Waals surface area contributed by atoms with Crippen LogP contribution in [0.2, 0.25) is 0 Å². The number of nitrogens with zero attached hydrogens (tertiary/aromatic N) is 3. The van der Waals surface area contributed by atoms with Gasteiger partial charge in [-0.2, -0.15) is 5.26 Å². The summed E-state index contributed by atoms with van der Waals surface area (Å²) in [6.45, 7) is 8.22. The molecule has 7 nitrogen and oxygen atoms in total. The first-order chi connectivity index (χ1) is 17.6. The summed E-state index contributed by atoms with van der Waals surface area (Å²) in [4.78, 5) is 30.1. The SMILES string of the molecule is CC(=O)Nc1ccccc1Sc1ccc([N+](=O)[O-])cc1C=Nc1sc2c(c1C#N)CC[C@@H](C(C)(C)C)C2. The highest BCUT2D eigenvalue weighted by Crippen LogP contribution is 2.45. The standard InChI is InChI=1S/C28H28N4O3S2/c1-17(33)31-23-7-5-6-8-25(23)36-24-12-10-20(32(34)35)13-18(24)16-30-27-22(15-29)21-11-9-19(28(2,3)4)14-26(21)37-27/h5-8,10,12-13,16,19H,9,11,14H2,1-4H3,(H,31,33)/t19-/m1/s1. The minimum Gasteiger partial charge on any atom is -0.325 e. The van der Waals surface area contributed by atoms with Crippen LogP contribution >= 0.6 is 23.1 Å². The Morgan fingerprint density at radius 3 is 2.70 bits per heavy atom. The number of carbonyl (C=O) groups excluding carboxylic acids is 1. The summed E-state index contributed by atoms with van der Waals surface area (Å²) in [5.74, 6) is 0.364. The van der Waals surface area contributed by atoms with Crippen LogP contribution in [0.3, 0.4) is 0 Å². The Labute approximate surface area is 224 Å². The van der Waals surface area contributed by atoms with Gasteiger partial charge in [0.05, 0.1) is 16.2 Å². The lowest BCUT2D eigenvalue weighted by Crippen LogP contribution is -2.26. The van der Waals surface area contributed by atoms with Gasteiger partial charge in [-0.25, -0.2) is 4.99 Å². The van der Waals surface area contributed by atoms with Crippen LogP contribution in [0.25, 0.3) is 0 Å². The van der Waals surface area contributed by atoms with Crippen LogP contribution in [-0.2, 0) is 17.6 Å². The van der Waals surface area contributed by atoms with E-state index in [0.29, 0.717) is 27.7 Å². The van der Waals surface area contributed by atoms with Gasteiger partial charge in [-0.05, 0) is 54.4 Å². The van der Waals surface area contributed by atoms with Crippen molar-refractivity contribution in [1.29, 1.82) is 5.26 Å². The normalized spacial score (nSPS) is 15.3. The average Bonchev–Trinajstić information content (AvgIpc) is 3.20. The summed E-state index contributed by atoms with van der Waals surface area (Å²) in [7, 11) is 0. The zero-order valence-corrected chi connectivity index (χ0v) is 22.8. The highest BCUT2D eigenvalue weighted by Gasteiger charge is 2.32. The van der Waals surface area contributed by atoms with Gasteiger partial charge in [-0.1, -0.05) is 44.7 Å². The molecule has 0 spiro atoms. The monoisotopic (exact) mass is 532 g/mol. The number of nitro groups is 1. The van der Waals surface area contributed by atoms with Crippen LogP contribution < -0.4 is 5.32 Å². The van der Waals surface area contributed by atoms with E-state index in [9.17, 15) is 20.2 Å². The average molecular weight is 533 g/mol. The fraction of sp³-hybridized carbons (Fsp3) is 0.321. The van der Waals surface area contributed by atoms with Crippen molar-refractivity contribution in [1.82, 2.24) is 0 Å². The van der Waals surface area contributed by atoms with Crippen molar-refractivity contribution in [3.63, 3.8) is 0 Å². The van der Waals surface area contributed by atoms with E-state index in [0.717, 1.165) is 34.6 Å². The lowest BCUT2D eigenvalue weighted by Gasteiger charge is -2.33. The highest BCUT2D eigenvalue weighted by molar-refractivity contribution is 7.99. The lowest BCUT2D eigenvalue weighted by atomic mass is 9.72. The Morgan fingerprint density at radius 2 is 2.03 bits per heavy atom. The third-order valence-electron chi connectivity index (χ3n) is 6.53. The number of rotatable bonds is 6. The lowest BCUT2D eigenvalue weighted by molar-refractivity contribution is -0.384. The second-order valence-corrected chi connectivity index (χ2v) is 12.3. The van der Waals surface area contributed by atoms with E-state index in [1.54, 1.807) is 23.6 Å². The summed E-state index contributed by atoms with van der Waals surface area (Å²) in [5, 5.41) is 24.9. The van der Waals surface area contributed by atoms with Crippen LogP contribution in [-0.4, -0.2) is 17.0 Å². The predicted octanol–water partition coefficient (Wildman–Crippen LogP) is 7.54. The topological polar surface area (TPSA) is 108 Å². The number of hydrogen-bond acceptors (Lipinski definition) is 7. The molecular formula is C28H28N4O3S2. The maximum Gasteiger partial charge on any atom is 0.270 e. The van der Waals surface area contributed by atoms with Gasteiger partial charge in [0.1, 0.15) is 11.1 Å². The van der Waals surface area contributed by atoms with Gasteiger partial charge in [-0.15, -0.1) is 11.3 Å². The van der Waals surface area contributed by atoms with Crippen molar-refractivity contribution in [3.8, 4) is 6.07 Å². The van der Waals surface area contributed by atoms with Gasteiger partial charge in [-0.3, -0.25) is 14.9 Å². The quantitative estimate of drug-likeness (QED) is 0.200. The van der Waals surface area contributed by atoms with E-state index >= 15 is 0 Å². The molecule has 3 aromatic rings. The number of nitro benzene ring substituents is 1. The Balaban J connectivity index is 1.70. The molecule has 0 radical (unpaired) electrons. The van der Waals surface area contributed by atoms with E-state index in [-0.39, 0.29) is 17.0 Å². The minimum absolute atomic E-state index is 0.0417. The molecule has 0 bridgehead atoms. The number of aliphatic imine (C=N–C) groups is 1. The number of non-ortho nitro benzene ring substituents is 1. The van der Waals surface area contributed by atoms with Crippen molar-refractivity contribution in [3.05, 3.63) is 74.1 Å². The number of carbonyl (C=O) groups is 1. The van der Waals surface area contributed by atoms with Gasteiger partial charge in [0.2, 0.25) is 5.91 Å². The fourth-order valence-corrected chi connectivity index (χ4v) is 6.66. The fourth-order valence-electron chi connectivity index (χ4n) is 4.46. The van der Waals surface area contributed by atoms with Crippen molar-refractivity contribution in [2.45, 2.75) is 56.7 Å². The summed E-state index contributed by atoms with van der Waals surface area (Å²) in [6.07, 6.45) is 4.45. The highest BCUT2D eigenvalue weighted by atomic mass is 32.2. The third kappa shape index (κ3) is 6.09. The van der Waals surface area contributed by atoms with Crippen molar-refractivity contribution >= 4 is 51.6 Å². The molecule has 9 heteroatoms. The van der Waals surface area contributed by atoms with Gasteiger partial charge in [0.15, 0.2) is 0 Å². The van der Waals surface area contributed by atoms with Gasteiger partial charge >= 0.3 is 0 Å².